The second kappa shape index (κ2) is 8.80. The van der Waals surface area contributed by atoms with E-state index in [1.54, 1.807) is 16.8 Å². The molecule has 0 saturated heterocycles. The third-order valence-corrected chi connectivity index (χ3v) is 5.56. The van der Waals surface area contributed by atoms with Crippen LogP contribution in [0.25, 0.3) is 5.70 Å². The van der Waals surface area contributed by atoms with Crippen molar-refractivity contribution in [3.63, 3.8) is 0 Å². The number of hydrogen-bond donors (Lipinski definition) is 2. The predicted octanol–water partition coefficient (Wildman–Crippen LogP) is 5.15. The average molecular weight is 473 g/mol. The number of rotatable bonds is 5. The average Bonchev–Trinajstić information content (AvgIpc) is 3.26. The SMILES string of the molecule is O=C(Nc1nc2n(n1)C(c1ccccc1)C=C(c1ccc(Cl)cc1)N2)c1cccc([N+](=O)[O-])c1. The van der Waals surface area contributed by atoms with Crippen molar-refractivity contribution >= 4 is 40.8 Å². The largest absolute Gasteiger partial charge is 0.324 e. The van der Waals surface area contributed by atoms with Crippen LogP contribution in [0, 0.1) is 10.1 Å². The first-order valence-corrected chi connectivity index (χ1v) is 10.7. The van der Waals surface area contributed by atoms with Crippen LogP contribution >= 0.6 is 11.6 Å². The molecule has 0 radical (unpaired) electrons. The number of nitrogens with zero attached hydrogens (tertiary/aromatic N) is 4. The zero-order valence-electron chi connectivity index (χ0n) is 17.6. The van der Waals surface area contributed by atoms with Gasteiger partial charge in [-0.15, -0.1) is 5.10 Å². The lowest BCUT2D eigenvalue weighted by Crippen LogP contribution is -2.20. The van der Waals surface area contributed by atoms with Gasteiger partial charge in [0.2, 0.25) is 5.95 Å². The van der Waals surface area contributed by atoms with Gasteiger partial charge < -0.3 is 5.32 Å². The number of non-ortho nitro benzene ring substituents is 1. The van der Waals surface area contributed by atoms with Gasteiger partial charge in [0.1, 0.15) is 6.04 Å². The third-order valence-electron chi connectivity index (χ3n) is 5.31. The zero-order chi connectivity index (χ0) is 23.7. The topological polar surface area (TPSA) is 115 Å². The highest BCUT2D eigenvalue weighted by Crippen LogP contribution is 2.33. The normalized spacial score (nSPS) is 14.5. The first kappa shape index (κ1) is 21.4. The lowest BCUT2D eigenvalue weighted by atomic mass is 10.0. The molecule has 1 amide bonds. The van der Waals surface area contributed by atoms with Gasteiger partial charge in [0.25, 0.3) is 17.5 Å². The van der Waals surface area contributed by atoms with Crippen LogP contribution in [0.2, 0.25) is 5.02 Å². The summed E-state index contributed by atoms with van der Waals surface area (Å²) >= 11 is 6.04. The molecule has 1 aliphatic rings. The van der Waals surface area contributed by atoms with E-state index in [1.807, 2.05) is 48.5 Å². The molecule has 4 aromatic rings. The van der Waals surface area contributed by atoms with Gasteiger partial charge in [-0.1, -0.05) is 60.1 Å². The van der Waals surface area contributed by atoms with Crippen molar-refractivity contribution in [1.82, 2.24) is 14.8 Å². The molecule has 9 nitrogen and oxygen atoms in total. The van der Waals surface area contributed by atoms with Gasteiger partial charge in [-0.05, 0) is 35.4 Å². The highest BCUT2D eigenvalue weighted by Gasteiger charge is 2.26. The number of aromatic nitrogens is 3. The summed E-state index contributed by atoms with van der Waals surface area (Å²) in [4.78, 5) is 27.6. The first-order valence-electron chi connectivity index (χ1n) is 10.3. The van der Waals surface area contributed by atoms with Crippen LogP contribution in [-0.4, -0.2) is 25.6 Å². The van der Waals surface area contributed by atoms with Crippen LogP contribution in [0.1, 0.15) is 27.5 Å². The van der Waals surface area contributed by atoms with Crippen LogP contribution < -0.4 is 10.6 Å². The summed E-state index contributed by atoms with van der Waals surface area (Å²) in [7, 11) is 0. The molecule has 0 fully saturated rings. The van der Waals surface area contributed by atoms with Gasteiger partial charge in [0, 0.05) is 28.4 Å². The van der Waals surface area contributed by atoms with Crippen molar-refractivity contribution in [3.05, 3.63) is 117 Å². The van der Waals surface area contributed by atoms with Gasteiger partial charge in [-0.2, -0.15) is 4.98 Å². The Morgan fingerprint density at radius 1 is 1.06 bits per heavy atom. The van der Waals surface area contributed by atoms with Crippen molar-refractivity contribution in [2.45, 2.75) is 6.04 Å². The number of carbonyl (C=O) groups excluding carboxylic acids is 1. The van der Waals surface area contributed by atoms with Gasteiger partial charge in [-0.25, -0.2) is 4.68 Å². The second-order valence-corrected chi connectivity index (χ2v) is 7.97. The standard InChI is InChI=1S/C24H17ClN6O3/c25-18-11-9-15(10-12-18)20-14-21(16-5-2-1-3-6-16)30-24(26-20)28-23(29-30)27-22(32)17-7-4-8-19(13-17)31(33)34/h1-14,21H,(H2,26,27,28,29,32). The molecule has 34 heavy (non-hydrogen) atoms. The van der Waals surface area contributed by atoms with E-state index in [1.165, 1.54) is 24.3 Å². The Morgan fingerprint density at radius 3 is 2.56 bits per heavy atom. The Morgan fingerprint density at radius 2 is 1.82 bits per heavy atom. The Labute approximate surface area is 198 Å². The molecular formula is C24H17ClN6O3. The maximum Gasteiger partial charge on any atom is 0.270 e. The van der Waals surface area contributed by atoms with E-state index in [2.05, 4.69) is 20.7 Å². The monoisotopic (exact) mass is 472 g/mol. The van der Waals surface area contributed by atoms with E-state index in [4.69, 9.17) is 11.6 Å². The van der Waals surface area contributed by atoms with Crippen LogP contribution in [0.4, 0.5) is 17.6 Å². The van der Waals surface area contributed by atoms with Crippen molar-refractivity contribution < 1.29 is 9.72 Å². The number of nitrogens with one attached hydrogen (secondary N) is 2. The highest BCUT2D eigenvalue weighted by molar-refractivity contribution is 6.30. The summed E-state index contributed by atoms with van der Waals surface area (Å²) in [5, 5.41) is 22.0. The molecule has 5 rings (SSSR count). The van der Waals surface area contributed by atoms with E-state index in [-0.39, 0.29) is 23.2 Å². The molecule has 1 unspecified atom stereocenters. The summed E-state index contributed by atoms with van der Waals surface area (Å²) in [6.07, 6.45) is 2.02. The van der Waals surface area contributed by atoms with Gasteiger partial charge in [0.15, 0.2) is 0 Å². The summed E-state index contributed by atoms with van der Waals surface area (Å²) < 4.78 is 1.68. The number of hydrogen-bond acceptors (Lipinski definition) is 6. The molecule has 1 atom stereocenters. The zero-order valence-corrected chi connectivity index (χ0v) is 18.3. The molecule has 1 aliphatic heterocycles. The molecule has 2 N–H and O–H groups in total. The Hall–Kier alpha value is -4.50. The first-order chi connectivity index (χ1) is 16.5. The number of nitro groups is 1. The lowest BCUT2D eigenvalue weighted by molar-refractivity contribution is -0.384. The van der Waals surface area contributed by atoms with E-state index in [0.717, 1.165) is 16.8 Å². The number of benzene rings is 3. The van der Waals surface area contributed by atoms with Crippen molar-refractivity contribution in [2.24, 2.45) is 0 Å². The smallest absolute Gasteiger partial charge is 0.270 e. The predicted molar refractivity (Wildman–Crippen MR) is 129 cm³/mol. The quantitative estimate of drug-likeness (QED) is 0.306. The minimum atomic E-state index is -0.553. The fourth-order valence-corrected chi connectivity index (χ4v) is 3.79. The van der Waals surface area contributed by atoms with E-state index < -0.39 is 10.8 Å². The Kier molecular flexibility index (Phi) is 5.52. The van der Waals surface area contributed by atoms with Crippen LogP contribution in [0.3, 0.4) is 0 Å². The number of carbonyl (C=O) groups is 1. The molecule has 3 aromatic carbocycles. The second-order valence-electron chi connectivity index (χ2n) is 7.53. The summed E-state index contributed by atoms with van der Waals surface area (Å²) in [6.45, 7) is 0. The van der Waals surface area contributed by atoms with Crippen LogP contribution in [0.15, 0.2) is 84.9 Å². The van der Waals surface area contributed by atoms with E-state index in [9.17, 15) is 14.9 Å². The van der Waals surface area contributed by atoms with Gasteiger partial charge in [0.05, 0.1) is 4.92 Å². The number of allylic oxidation sites excluding steroid dienone is 1. The maximum atomic E-state index is 12.7. The van der Waals surface area contributed by atoms with Crippen molar-refractivity contribution in [2.75, 3.05) is 10.6 Å². The lowest BCUT2D eigenvalue weighted by Gasteiger charge is -2.24. The Bertz CT molecular complexity index is 1420. The molecule has 10 heteroatoms. The molecule has 0 spiro atoms. The summed E-state index contributed by atoms with van der Waals surface area (Å²) in [5.41, 5.74) is 2.68. The molecule has 0 aliphatic carbocycles. The van der Waals surface area contributed by atoms with E-state index in [0.29, 0.717) is 11.0 Å². The molecule has 0 bridgehead atoms. The molecule has 0 saturated carbocycles. The summed E-state index contributed by atoms with van der Waals surface area (Å²) in [6, 6.07) is 22.4. The number of nitro benzene ring substituents is 1. The highest BCUT2D eigenvalue weighted by atomic mass is 35.5. The number of fused-ring (bicyclic) bond motifs is 1. The third kappa shape index (κ3) is 4.24. The molecular weight excluding hydrogens is 456 g/mol. The van der Waals surface area contributed by atoms with Gasteiger partial charge in [-0.3, -0.25) is 20.2 Å². The van der Waals surface area contributed by atoms with Crippen molar-refractivity contribution in [1.29, 1.82) is 0 Å². The summed E-state index contributed by atoms with van der Waals surface area (Å²) in [5.74, 6) is -0.0323. The minimum absolute atomic E-state index is 0.0747. The molecule has 168 valence electrons. The fourth-order valence-electron chi connectivity index (χ4n) is 3.67. The number of halogens is 1. The molecule has 1 aromatic heterocycles. The number of anilines is 2. The van der Waals surface area contributed by atoms with Crippen molar-refractivity contribution in [3.8, 4) is 0 Å². The van der Waals surface area contributed by atoms with Crippen LogP contribution in [0.5, 0.6) is 0 Å². The van der Waals surface area contributed by atoms with Gasteiger partial charge >= 0.3 is 0 Å². The van der Waals surface area contributed by atoms with E-state index >= 15 is 0 Å². The molecule has 2 heterocycles. The van der Waals surface area contributed by atoms with Crippen LogP contribution in [-0.2, 0) is 0 Å². The fraction of sp³-hybridized carbons (Fsp3) is 0.0417. The number of amides is 1. The maximum absolute atomic E-state index is 12.7. The minimum Gasteiger partial charge on any atom is -0.324 e. The Balaban J connectivity index is 1.48.